The monoisotopic (exact) mass is 269 g/mol. The summed E-state index contributed by atoms with van der Waals surface area (Å²) in [5.41, 5.74) is 8.59. The van der Waals surface area contributed by atoms with Crippen LogP contribution in [0, 0.1) is 0 Å². The molecule has 1 heterocycles. The zero-order chi connectivity index (χ0) is 13.8. The maximum absolute atomic E-state index is 6.20. The van der Waals surface area contributed by atoms with Crippen LogP contribution in [0.3, 0.4) is 0 Å². The summed E-state index contributed by atoms with van der Waals surface area (Å²) in [5, 5.41) is 0. The number of aromatic nitrogens is 2. The Balaban J connectivity index is 1.60. The van der Waals surface area contributed by atoms with Crippen molar-refractivity contribution in [3.63, 3.8) is 0 Å². The minimum Gasteiger partial charge on any atom is -0.372 e. The fourth-order valence-electron chi connectivity index (χ4n) is 2.51. The van der Waals surface area contributed by atoms with Gasteiger partial charge >= 0.3 is 0 Å². The van der Waals surface area contributed by atoms with E-state index in [0.717, 1.165) is 12.8 Å². The SMILES string of the molecule is NC1C=C(n2ccnc2)CCC1OCc1ccccc1. The molecule has 0 saturated carbocycles. The van der Waals surface area contributed by atoms with Gasteiger partial charge in [0.2, 0.25) is 0 Å². The van der Waals surface area contributed by atoms with Gasteiger partial charge in [0.05, 0.1) is 25.1 Å². The number of imidazole rings is 1. The lowest BCUT2D eigenvalue weighted by atomic mass is 9.97. The Morgan fingerprint density at radius 2 is 2.15 bits per heavy atom. The Labute approximate surface area is 118 Å². The topological polar surface area (TPSA) is 53.1 Å². The summed E-state index contributed by atoms with van der Waals surface area (Å²) in [7, 11) is 0. The van der Waals surface area contributed by atoms with Crippen LogP contribution in [0.25, 0.3) is 5.70 Å². The molecular formula is C16H19N3O. The van der Waals surface area contributed by atoms with E-state index in [4.69, 9.17) is 10.5 Å². The highest BCUT2D eigenvalue weighted by atomic mass is 16.5. The molecule has 0 fully saturated rings. The van der Waals surface area contributed by atoms with E-state index in [2.05, 4.69) is 23.2 Å². The number of hydrogen-bond donors (Lipinski definition) is 1. The van der Waals surface area contributed by atoms with Gasteiger partial charge in [-0.1, -0.05) is 30.3 Å². The molecule has 0 bridgehead atoms. The first-order valence-corrected chi connectivity index (χ1v) is 6.93. The standard InChI is InChI=1S/C16H19N3O/c17-15-10-14(19-9-8-18-12-19)6-7-16(15)20-11-13-4-2-1-3-5-13/h1-5,8-10,12,15-16H,6-7,11,17H2. The van der Waals surface area contributed by atoms with Crippen LogP contribution < -0.4 is 5.73 Å². The van der Waals surface area contributed by atoms with Crippen LogP contribution >= 0.6 is 0 Å². The van der Waals surface area contributed by atoms with Crippen molar-refractivity contribution in [3.8, 4) is 0 Å². The number of benzene rings is 1. The van der Waals surface area contributed by atoms with Gasteiger partial charge in [-0.3, -0.25) is 0 Å². The minimum atomic E-state index is -0.0649. The molecule has 4 heteroatoms. The van der Waals surface area contributed by atoms with E-state index in [0.29, 0.717) is 6.61 Å². The first-order chi connectivity index (χ1) is 9.83. The molecule has 0 spiro atoms. The average Bonchev–Trinajstić information content (AvgIpc) is 3.01. The normalized spacial score (nSPS) is 22.6. The molecule has 1 aromatic heterocycles. The third-order valence-electron chi connectivity index (χ3n) is 3.64. The van der Waals surface area contributed by atoms with Gasteiger partial charge < -0.3 is 15.0 Å². The Hall–Kier alpha value is -1.91. The summed E-state index contributed by atoms with van der Waals surface area (Å²) < 4.78 is 7.97. The second-order valence-corrected chi connectivity index (χ2v) is 5.08. The van der Waals surface area contributed by atoms with Crippen LogP contribution in [0.15, 0.2) is 55.1 Å². The summed E-state index contributed by atoms with van der Waals surface area (Å²) in [5.74, 6) is 0. The van der Waals surface area contributed by atoms with Gasteiger partial charge in [0, 0.05) is 18.1 Å². The Morgan fingerprint density at radius 3 is 2.85 bits per heavy atom. The molecule has 1 aromatic carbocycles. The van der Waals surface area contributed by atoms with Crippen molar-refractivity contribution < 1.29 is 4.74 Å². The molecule has 104 valence electrons. The van der Waals surface area contributed by atoms with Crippen molar-refractivity contribution in [3.05, 3.63) is 60.7 Å². The predicted molar refractivity (Wildman–Crippen MR) is 78.7 cm³/mol. The number of rotatable bonds is 4. The zero-order valence-corrected chi connectivity index (χ0v) is 11.4. The summed E-state index contributed by atoms with van der Waals surface area (Å²) in [6.07, 6.45) is 9.61. The molecule has 3 rings (SSSR count). The summed E-state index contributed by atoms with van der Waals surface area (Å²) in [4.78, 5) is 4.07. The highest BCUT2D eigenvalue weighted by Crippen LogP contribution is 2.24. The fraction of sp³-hybridized carbons (Fsp3) is 0.312. The van der Waals surface area contributed by atoms with E-state index in [1.54, 1.807) is 6.20 Å². The van der Waals surface area contributed by atoms with Gasteiger partial charge in [0.1, 0.15) is 0 Å². The first kappa shape index (κ1) is 13.1. The van der Waals surface area contributed by atoms with Gasteiger partial charge in [0.15, 0.2) is 0 Å². The second kappa shape index (κ2) is 6.03. The Kier molecular flexibility index (Phi) is 3.95. The molecule has 2 atom stereocenters. The minimum absolute atomic E-state index is 0.0649. The Bertz CT molecular complexity index is 563. The third-order valence-corrected chi connectivity index (χ3v) is 3.64. The predicted octanol–water partition coefficient (Wildman–Crippen LogP) is 2.43. The van der Waals surface area contributed by atoms with Gasteiger partial charge in [-0.2, -0.15) is 0 Å². The van der Waals surface area contributed by atoms with Crippen LogP contribution in [-0.2, 0) is 11.3 Å². The molecule has 0 saturated heterocycles. The van der Waals surface area contributed by atoms with Gasteiger partial charge in [0.25, 0.3) is 0 Å². The largest absolute Gasteiger partial charge is 0.372 e. The molecule has 0 amide bonds. The van der Waals surface area contributed by atoms with E-state index in [1.165, 1.54) is 11.3 Å². The highest BCUT2D eigenvalue weighted by molar-refractivity contribution is 5.48. The number of allylic oxidation sites excluding steroid dienone is 1. The summed E-state index contributed by atoms with van der Waals surface area (Å²) in [6, 6.07) is 10.1. The van der Waals surface area contributed by atoms with Gasteiger partial charge in [-0.05, 0) is 24.5 Å². The molecule has 2 aromatic rings. The molecule has 2 N–H and O–H groups in total. The molecule has 2 unspecified atom stereocenters. The van der Waals surface area contributed by atoms with Crippen molar-refractivity contribution in [1.82, 2.24) is 9.55 Å². The molecule has 1 aliphatic rings. The van der Waals surface area contributed by atoms with E-state index < -0.39 is 0 Å². The molecule has 0 aliphatic heterocycles. The van der Waals surface area contributed by atoms with Crippen molar-refractivity contribution in [2.75, 3.05) is 0 Å². The lowest BCUT2D eigenvalue weighted by Gasteiger charge is -2.28. The maximum Gasteiger partial charge on any atom is 0.0989 e. The van der Waals surface area contributed by atoms with Crippen molar-refractivity contribution in [2.24, 2.45) is 5.73 Å². The van der Waals surface area contributed by atoms with E-state index in [9.17, 15) is 0 Å². The molecular weight excluding hydrogens is 250 g/mol. The van der Waals surface area contributed by atoms with E-state index in [1.807, 2.05) is 35.3 Å². The van der Waals surface area contributed by atoms with Crippen molar-refractivity contribution in [2.45, 2.75) is 31.6 Å². The summed E-state index contributed by atoms with van der Waals surface area (Å²) >= 11 is 0. The number of ether oxygens (including phenoxy) is 1. The third kappa shape index (κ3) is 2.98. The second-order valence-electron chi connectivity index (χ2n) is 5.08. The summed E-state index contributed by atoms with van der Waals surface area (Å²) in [6.45, 7) is 0.619. The highest BCUT2D eigenvalue weighted by Gasteiger charge is 2.23. The Morgan fingerprint density at radius 1 is 1.30 bits per heavy atom. The maximum atomic E-state index is 6.20. The lowest BCUT2D eigenvalue weighted by molar-refractivity contribution is 0.0255. The number of hydrogen-bond acceptors (Lipinski definition) is 3. The van der Waals surface area contributed by atoms with Crippen LogP contribution in [0.4, 0.5) is 0 Å². The molecule has 20 heavy (non-hydrogen) atoms. The quantitative estimate of drug-likeness (QED) is 0.927. The van der Waals surface area contributed by atoms with Crippen molar-refractivity contribution in [1.29, 1.82) is 0 Å². The van der Waals surface area contributed by atoms with Gasteiger partial charge in [-0.25, -0.2) is 4.98 Å². The average molecular weight is 269 g/mol. The molecule has 0 radical (unpaired) electrons. The number of nitrogens with zero attached hydrogens (tertiary/aromatic N) is 2. The van der Waals surface area contributed by atoms with Crippen molar-refractivity contribution >= 4 is 5.70 Å². The zero-order valence-electron chi connectivity index (χ0n) is 11.4. The van der Waals surface area contributed by atoms with E-state index >= 15 is 0 Å². The van der Waals surface area contributed by atoms with Crippen LogP contribution in [-0.4, -0.2) is 21.7 Å². The molecule has 4 nitrogen and oxygen atoms in total. The molecule has 1 aliphatic carbocycles. The van der Waals surface area contributed by atoms with Crippen LogP contribution in [0.2, 0.25) is 0 Å². The lowest BCUT2D eigenvalue weighted by Crippen LogP contribution is -2.38. The fourth-order valence-corrected chi connectivity index (χ4v) is 2.51. The van der Waals surface area contributed by atoms with E-state index in [-0.39, 0.29) is 12.1 Å². The number of nitrogens with two attached hydrogens (primary N) is 1. The smallest absolute Gasteiger partial charge is 0.0989 e. The van der Waals surface area contributed by atoms with Crippen LogP contribution in [0.5, 0.6) is 0 Å². The van der Waals surface area contributed by atoms with Crippen LogP contribution in [0.1, 0.15) is 18.4 Å². The first-order valence-electron chi connectivity index (χ1n) is 6.93. The van der Waals surface area contributed by atoms with Gasteiger partial charge in [-0.15, -0.1) is 0 Å².